The van der Waals surface area contributed by atoms with Gasteiger partial charge in [0.15, 0.2) is 0 Å². The van der Waals surface area contributed by atoms with Crippen molar-refractivity contribution < 1.29 is 17.0 Å². The topological polar surface area (TPSA) is 12.9 Å². The second-order valence-corrected chi connectivity index (χ2v) is 1.57. The first kappa shape index (κ1) is 13.0. The van der Waals surface area contributed by atoms with Crippen molar-refractivity contribution in [2.45, 2.75) is 6.42 Å². The molecule has 0 aliphatic heterocycles. The van der Waals surface area contributed by atoms with Crippen molar-refractivity contribution in [1.82, 2.24) is 4.98 Å². The molecule has 0 spiro atoms. The van der Waals surface area contributed by atoms with Crippen LogP contribution in [0.3, 0.4) is 0 Å². The molecular formula is C7H8BrMgN. The maximum atomic E-state index is 4.03. The number of halogens is 1. The molecule has 1 heterocycles. The summed E-state index contributed by atoms with van der Waals surface area (Å²) in [5.74, 6) is 0. The first-order valence-corrected chi connectivity index (χ1v) is 2.62. The van der Waals surface area contributed by atoms with Gasteiger partial charge in [-0.15, -0.1) is 6.42 Å². The number of pyridine rings is 1. The molecule has 0 N–H and O–H groups in total. The van der Waals surface area contributed by atoms with E-state index in [2.05, 4.69) is 11.9 Å². The Morgan fingerprint density at radius 1 is 1.40 bits per heavy atom. The van der Waals surface area contributed by atoms with Crippen LogP contribution in [0.2, 0.25) is 0 Å². The molecule has 0 fully saturated rings. The van der Waals surface area contributed by atoms with Crippen molar-refractivity contribution in [1.29, 1.82) is 0 Å². The number of nitrogens with zero attached hydrogens (tertiary/aromatic N) is 1. The number of rotatable bonds is 1. The van der Waals surface area contributed by atoms with E-state index in [0.29, 0.717) is 0 Å². The molecule has 1 aromatic rings. The minimum absolute atomic E-state index is 0. The molecule has 0 saturated carbocycles. The summed E-state index contributed by atoms with van der Waals surface area (Å²) in [4.78, 5) is 4.03. The third-order valence-corrected chi connectivity index (χ3v) is 0.982. The van der Waals surface area contributed by atoms with Gasteiger partial charge in [0.1, 0.15) is 0 Å². The van der Waals surface area contributed by atoms with Crippen LogP contribution in [0.1, 0.15) is 5.69 Å². The molecule has 3 heteroatoms. The van der Waals surface area contributed by atoms with Gasteiger partial charge in [-0.2, -0.15) is 0 Å². The van der Waals surface area contributed by atoms with E-state index in [0.717, 1.165) is 12.1 Å². The minimum atomic E-state index is 0. The molecule has 0 bridgehead atoms. The monoisotopic (exact) mass is 209 g/mol. The smallest absolute Gasteiger partial charge is 1.00 e. The summed E-state index contributed by atoms with van der Waals surface area (Å²) >= 11 is 0. The molecule has 50 valence electrons. The van der Waals surface area contributed by atoms with Gasteiger partial charge in [-0.25, -0.2) is 0 Å². The predicted octanol–water partition coefficient (Wildman–Crippen LogP) is -1.92. The first-order valence-electron chi connectivity index (χ1n) is 2.62. The van der Waals surface area contributed by atoms with Gasteiger partial charge >= 0.3 is 23.1 Å². The Kier molecular flexibility index (Phi) is 9.77. The molecule has 0 aliphatic carbocycles. The van der Waals surface area contributed by atoms with Gasteiger partial charge in [0.2, 0.25) is 0 Å². The molecule has 10 heavy (non-hydrogen) atoms. The Hall–Kier alpha value is 0.396. The van der Waals surface area contributed by atoms with Gasteiger partial charge < -0.3 is 23.9 Å². The summed E-state index contributed by atoms with van der Waals surface area (Å²) < 4.78 is 0. The van der Waals surface area contributed by atoms with Crippen LogP contribution in [0.5, 0.6) is 0 Å². The van der Waals surface area contributed by atoms with Crippen molar-refractivity contribution in [3.63, 3.8) is 0 Å². The number of hydrogen-bond acceptors (Lipinski definition) is 1. The maximum Gasteiger partial charge on any atom is 2.00 e. The van der Waals surface area contributed by atoms with Crippen LogP contribution in [0.15, 0.2) is 24.4 Å². The molecule has 1 nitrogen and oxygen atoms in total. The molecule has 0 atom stereocenters. The third-order valence-electron chi connectivity index (χ3n) is 0.982. The van der Waals surface area contributed by atoms with Gasteiger partial charge in [-0.1, -0.05) is 6.07 Å². The van der Waals surface area contributed by atoms with Crippen molar-refractivity contribution >= 4 is 23.1 Å². The Morgan fingerprint density at radius 2 is 2.10 bits per heavy atom. The van der Waals surface area contributed by atoms with Crippen LogP contribution in [0.4, 0.5) is 0 Å². The zero-order chi connectivity index (χ0) is 5.82. The predicted molar refractivity (Wildman–Crippen MR) is 39.1 cm³/mol. The zero-order valence-electron chi connectivity index (χ0n) is 5.76. The maximum absolute atomic E-state index is 4.03. The van der Waals surface area contributed by atoms with E-state index in [-0.39, 0.29) is 40.0 Å². The fraction of sp³-hybridized carbons (Fsp3) is 0.143. The fourth-order valence-corrected chi connectivity index (χ4v) is 0.546. The Balaban J connectivity index is 0. The van der Waals surface area contributed by atoms with Crippen molar-refractivity contribution in [3.05, 3.63) is 37.0 Å². The Morgan fingerprint density at radius 3 is 2.40 bits per heavy atom. The van der Waals surface area contributed by atoms with E-state index in [1.807, 2.05) is 18.2 Å². The fourth-order valence-electron chi connectivity index (χ4n) is 0.546. The molecule has 0 saturated heterocycles. The van der Waals surface area contributed by atoms with Crippen molar-refractivity contribution in [3.8, 4) is 0 Å². The average molecular weight is 210 g/mol. The van der Waals surface area contributed by atoms with E-state index in [9.17, 15) is 0 Å². The standard InChI is InChI=1S/C7H8N.BrH.Mg/c1-2-7-5-3-4-6-8-7;;/h3-6H,1-2H2;1H;/q-1;;+2/p-1. The quantitative estimate of drug-likeness (QED) is 0.389. The van der Waals surface area contributed by atoms with Crippen LogP contribution in [-0.2, 0) is 6.42 Å². The largest absolute Gasteiger partial charge is 2.00 e. The second-order valence-electron chi connectivity index (χ2n) is 1.57. The normalized spacial score (nSPS) is 7.30. The molecule has 1 aromatic heterocycles. The van der Waals surface area contributed by atoms with Gasteiger partial charge in [-0.3, -0.25) is 4.98 Å². The van der Waals surface area contributed by atoms with Gasteiger partial charge in [0, 0.05) is 11.9 Å². The SMILES string of the molecule is [Br-].[CH2-]Cc1ccccn1.[Mg+2]. The second kappa shape index (κ2) is 7.50. The summed E-state index contributed by atoms with van der Waals surface area (Å²) in [6, 6.07) is 5.83. The number of hydrogen-bond donors (Lipinski definition) is 0. The average Bonchev–Trinajstić information content (AvgIpc) is 1.90. The van der Waals surface area contributed by atoms with E-state index in [1.54, 1.807) is 6.20 Å². The summed E-state index contributed by atoms with van der Waals surface area (Å²) in [7, 11) is 0. The van der Waals surface area contributed by atoms with Crippen molar-refractivity contribution in [2.24, 2.45) is 0 Å². The zero-order valence-corrected chi connectivity index (χ0v) is 8.76. The summed E-state index contributed by atoms with van der Waals surface area (Å²) in [5, 5.41) is 0. The van der Waals surface area contributed by atoms with E-state index >= 15 is 0 Å². The summed E-state index contributed by atoms with van der Waals surface area (Å²) in [6.45, 7) is 3.69. The van der Waals surface area contributed by atoms with E-state index in [4.69, 9.17) is 0 Å². The van der Waals surface area contributed by atoms with Crippen LogP contribution >= 0.6 is 0 Å². The molecule has 0 unspecified atom stereocenters. The van der Waals surface area contributed by atoms with Crippen LogP contribution in [0.25, 0.3) is 0 Å². The number of aromatic nitrogens is 1. The minimum Gasteiger partial charge on any atom is -1.00 e. The van der Waals surface area contributed by atoms with Crippen LogP contribution in [0, 0.1) is 6.92 Å². The molecule has 0 radical (unpaired) electrons. The van der Waals surface area contributed by atoms with Gasteiger partial charge in [0.25, 0.3) is 0 Å². The summed E-state index contributed by atoms with van der Waals surface area (Å²) in [6.07, 6.45) is 2.56. The van der Waals surface area contributed by atoms with Crippen LogP contribution < -0.4 is 17.0 Å². The molecule has 0 aliphatic rings. The van der Waals surface area contributed by atoms with Gasteiger partial charge in [0.05, 0.1) is 0 Å². The summed E-state index contributed by atoms with van der Waals surface area (Å²) in [5.41, 5.74) is 1.05. The molecule has 0 aromatic carbocycles. The van der Waals surface area contributed by atoms with E-state index < -0.39 is 0 Å². The Bertz CT molecular complexity index is 155. The van der Waals surface area contributed by atoms with Gasteiger partial charge in [-0.05, 0) is 12.1 Å². The molecule has 1 rings (SSSR count). The molecule has 0 amide bonds. The van der Waals surface area contributed by atoms with E-state index in [1.165, 1.54) is 0 Å². The van der Waals surface area contributed by atoms with Crippen molar-refractivity contribution in [2.75, 3.05) is 0 Å². The molecular weight excluding hydrogens is 202 g/mol. The Labute approximate surface area is 88.2 Å². The van der Waals surface area contributed by atoms with Crippen LogP contribution in [-0.4, -0.2) is 28.0 Å². The third kappa shape index (κ3) is 4.25. The first-order chi connectivity index (χ1) is 3.93.